The summed E-state index contributed by atoms with van der Waals surface area (Å²) in [5.41, 5.74) is 1.95. The van der Waals surface area contributed by atoms with E-state index in [-0.39, 0.29) is 24.0 Å². The molecule has 8 heteroatoms. The van der Waals surface area contributed by atoms with Crippen molar-refractivity contribution < 1.29 is 37.9 Å². The van der Waals surface area contributed by atoms with Crippen LogP contribution in [0.25, 0.3) is 0 Å². The molecule has 4 atom stereocenters. The Morgan fingerprint density at radius 2 is 0.844 bits per heavy atom. The summed E-state index contributed by atoms with van der Waals surface area (Å²) in [6.07, 6.45) is -0.276. The van der Waals surface area contributed by atoms with Gasteiger partial charge in [-0.1, -0.05) is 0 Å². The first-order valence-corrected chi connectivity index (χ1v) is 10.4. The molecule has 2 aromatic rings. The molecule has 0 saturated carbocycles. The zero-order valence-electron chi connectivity index (χ0n) is 19.3. The van der Waals surface area contributed by atoms with Crippen LogP contribution in [0, 0.1) is 11.8 Å². The second kappa shape index (κ2) is 9.34. The van der Waals surface area contributed by atoms with E-state index in [2.05, 4.69) is 0 Å². The molecule has 2 fully saturated rings. The molecule has 1 unspecified atom stereocenters. The van der Waals surface area contributed by atoms with Crippen LogP contribution >= 0.6 is 0 Å². The van der Waals surface area contributed by atoms with Crippen molar-refractivity contribution >= 4 is 0 Å². The number of benzene rings is 2. The average Bonchev–Trinajstić information content (AvgIpc) is 3.44. The number of methoxy groups -OCH3 is 6. The maximum atomic E-state index is 6.27. The molecular formula is C24H30O8. The fraction of sp³-hybridized carbons (Fsp3) is 0.500. The van der Waals surface area contributed by atoms with Gasteiger partial charge in [0.15, 0.2) is 23.0 Å². The van der Waals surface area contributed by atoms with Crippen molar-refractivity contribution in [3.05, 3.63) is 35.4 Å². The van der Waals surface area contributed by atoms with Crippen LogP contribution in [0.15, 0.2) is 24.3 Å². The second-order valence-electron chi connectivity index (χ2n) is 7.75. The van der Waals surface area contributed by atoms with Crippen molar-refractivity contribution in [3.8, 4) is 34.5 Å². The van der Waals surface area contributed by atoms with Crippen LogP contribution in [0.4, 0.5) is 0 Å². The molecule has 2 heterocycles. The van der Waals surface area contributed by atoms with Crippen LogP contribution < -0.4 is 28.4 Å². The van der Waals surface area contributed by atoms with Crippen LogP contribution in [0.3, 0.4) is 0 Å². The van der Waals surface area contributed by atoms with Crippen molar-refractivity contribution in [2.24, 2.45) is 11.8 Å². The third-order valence-electron chi connectivity index (χ3n) is 6.30. The minimum Gasteiger partial charge on any atom is -0.493 e. The Morgan fingerprint density at radius 3 is 1.09 bits per heavy atom. The van der Waals surface area contributed by atoms with E-state index in [1.165, 1.54) is 0 Å². The highest BCUT2D eigenvalue weighted by molar-refractivity contribution is 5.55. The fourth-order valence-corrected chi connectivity index (χ4v) is 4.77. The molecule has 8 nitrogen and oxygen atoms in total. The van der Waals surface area contributed by atoms with Crippen molar-refractivity contribution in [1.29, 1.82) is 0 Å². The van der Waals surface area contributed by atoms with E-state index in [1.807, 2.05) is 24.3 Å². The highest BCUT2D eigenvalue weighted by Crippen LogP contribution is 2.53. The third kappa shape index (κ3) is 3.67. The van der Waals surface area contributed by atoms with Crippen LogP contribution in [0.2, 0.25) is 0 Å². The lowest BCUT2D eigenvalue weighted by atomic mass is 9.84. The molecule has 0 amide bonds. The molecule has 2 aromatic carbocycles. The summed E-state index contributed by atoms with van der Waals surface area (Å²) < 4.78 is 45.5. The highest BCUT2D eigenvalue weighted by Gasteiger charge is 2.48. The summed E-state index contributed by atoms with van der Waals surface area (Å²) in [6, 6.07) is 7.78. The molecule has 0 bridgehead atoms. The van der Waals surface area contributed by atoms with Crippen LogP contribution in [0.1, 0.15) is 23.3 Å². The lowest BCUT2D eigenvalue weighted by Crippen LogP contribution is -2.15. The zero-order valence-corrected chi connectivity index (χ0v) is 19.3. The van der Waals surface area contributed by atoms with Crippen molar-refractivity contribution in [2.45, 2.75) is 12.2 Å². The van der Waals surface area contributed by atoms with Gasteiger partial charge in [0.1, 0.15) is 0 Å². The zero-order chi connectivity index (χ0) is 22.8. The molecule has 0 N–H and O–H groups in total. The smallest absolute Gasteiger partial charge is 0.203 e. The molecule has 0 aromatic heterocycles. The molecule has 174 valence electrons. The van der Waals surface area contributed by atoms with E-state index in [0.717, 1.165) is 11.1 Å². The van der Waals surface area contributed by atoms with Gasteiger partial charge >= 0.3 is 0 Å². The number of hydrogen-bond acceptors (Lipinski definition) is 8. The standard InChI is InChI=1S/C24H30O8/c1-25-17-7-13(8-18(26-2)23(17)29-5)21-15-11-32-22(16(15)12-31-21)14-9-19(27-3)24(30-6)20(10-14)28-4/h7-10,15-16,21-22H,11-12H2,1-6H3/t15-,16-,21+,22?/m0/s1. The summed E-state index contributed by atoms with van der Waals surface area (Å²) in [7, 11) is 9.62. The van der Waals surface area contributed by atoms with E-state index < -0.39 is 0 Å². The number of ether oxygens (including phenoxy) is 8. The normalized spacial score (nSPS) is 24.1. The van der Waals surface area contributed by atoms with Crippen molar-refractivity contribution in [2.75, 3.05) is 55.9 Å². The van der Waals surface area contributed by atoms with Gasteiger partial charge in [-0.2, -0.15) is 0 Å². The molecule has 2 saturated heterocycles. The summed E-state index contributed by atoms with van der Waals surface area (Å²) >= 11 is 0. The lowest BCUT2D eigenvalue weighted by Gasteiger charge is -2.20. The second-order valence-corrected chi connectivity index (χ2v) is 7.75. The Labute approximate surface area is 188 Å². The Hall–Kier alpha value is -2.84. The molecule has 0 spiro atoms. The molecule has 0 radical (unpaired) electrons. The minimum absolute atomic E-state index is 0.138. The van der Waals surface area contributed by atoms with Crippen LogP contribution in [0.5, 0.6) is 34.5 Å². The van der Waals surface area contributed by atoms with E-state index in [4.69, 9.17) is 37.9 Å². The van der Waals surface area contributed by atoms with Gasteiger partial charge < -0.3 is 37.9 Å². The topological polar surface area (TPSA) is 73.8 Å². The van der Waals surface area contributed by atoms with Crippen LogP contribution in [-0.2, 0) is 9.47 Å². The average molecular weight is 446 g/mol. The van der Waals surface area contributed by atoms with Crippen molar-refractivity contribution in [3.63, 3.8) is 0 Å². The quantitative estimate of drug-likeness (QED) is 0.606. The van der Waals surface area contributed by atoms with E-state index in [0.29, 0.717) is 47.7 Å². The molecule has 2 aliphatic rings. The van der Waals surface area contributed by atoms with E-state index in [9.17, 15) is 0 Å². The summed E-state index contributed by atoms with van der Waals surface area (Å²) in [4.78, 5) is 0. The van der Waals surface area contributed by atoms with E-state index >= 15 is 0 Å². The first-order valence-electron chi connectivity index (χ1n) is 10.4. The monoisotopic (exact) mass is 446 g/mol. The summed E-state index contributed by atoms with van der Waals surface area (Å²) in [5.74, 6) is 3.91. The predicted molar refractivity (Wildman–Crippen MR) is 117 cm³/mol. The molecule has 2 aliphatic heterocycles. The summed E-state index contributed by atoms with van der Waals surface area (Å²) in [5, 5.41) is 0. The Kier molecular flexibility index (Phi) is 6.53. The van der Waals surface area contributed by atoms with Crippen LogP contribution in [-0.4, -0.2) is 55.9 Å². The number of rotatable bonds is 8. The first kappa shape index (κ1) is 22.4. The maximum absolute atomic E-state index is 6.27. The fourth-order valence-electron chi connectivity index (χ4n) is 4.77. The number of fused-ring (bicyclic) bond motifs is 1. The first-order chi connectivity index (χ1) is 15.6. The van der Waals surface area contributed by atoms with Gasteiger partial charge in [0.25, 0.3) is 0 Å². The van der Waals surface area contributed by atoms with Gasteiger partial charge in [-0.15, -0.1) is 0 Å². The number of hydrogen-bond donors (Lipinski definition) is 0. The molecular weight excluding hydrogens is 416 g/mol. The molecule has 4 rings (SSSR count). The van der Waals surface area contributed by atoms with Gasteiger partial charge in [-0.3, -0.25) is 0 Å². The largest absolute Gasteiger partial charge is 0.493 e. The van der Waals surface area contributed by atoms with Gasteiger partial charge in [-0.05, 0) is 35.4 Å². The summed E-state index contributed by atoms with van der Waals surface area (Å²) in [6.45, 7) is 1.15. The van der Waals surface area contributed by atoms with Crippen molar-refractivity contribution in [1.82, 2.24) is 0 Å². The maximum Gasteiger partial charge on any atom is 0.203 e. The predicted octanol–water partition coefficient (Wildman–Crippen LogP) is 3.81. The Bertz CT molecular complexity index is 832. The van der Waals surface area contributed by atoms with E-state index in [1.54, 1.807) is 42.7 Å². The molecule has 32 heavy (non-hydrogen) atoms. The Morgan fingerprint density at radius 1 is 0.531 bits per heavy atom. The highest BCUT2D eigenvalue weighted by atomic mass is 16.5. The van der Waals surface area contributed by atoms with Gasteiger partial charge in [0.05, 0.1) is 68.1 Å². The SMILES string of the molecule is COc1cc(C2OC[C@@H]3[C@@H](c4cc(OC)c(OC)c(OC)c4)OC[C@H]23)cc(OC)c1OC. The third-order valence-corrected chi connectivity index (χ3v) is 6.30. The Balaban J connectivity index is 1.64. The van der Waals surface area contributed by atoms with Gasteiger partial charge in [0, 0.05) is 11.8 Å². The molecule has 0 aliphatic carbocycles. The lowest BCUT2D eigenvalue weighted by molar-refractivity contribution is 0.0190. The van der Waals surface area contributed by atoms with Gasteiger partial charge in [0.2, 0.25) is 11.5 Å². The van der Waals surface area contributed by atoms with Gasteiger partial charge in [-0.25, -0.2) is 0 Å². The minimum atomic E-state index is -0.138.